The summed E-state index contributed by atoms with van der Waals surface area (Å²) in [6, 6.07) is 19.9. The molecule has 0 fully saturated rings. The number of nitrogens with zero attached hydrogens (tertiary/aromatic N) is 2. The van der Waals surface area contributed by atoms with E-state index in [4.69, 9.17) is 0 Å². The first-order valence-corrected chi connectivity index (χ1v) is 14.3. The summed E-state index contributed by atoms with van der Waals surface area (Å²) in [4.78, 5) is 22.3. The number of carbonyl (C=O) groups is 1. The first-order chi connectivity index (χ1) is 19.1. The molecule has 0 radical (unpaired) electrons. The molecule has 0 atom stereocenters. The number of hydrogen-bond acceptors (Lipinski definition) is 7. The third-order valence-electron chi connectivity index (χ3n) is 6.70. The quantitative estimate of drug-likeness (QED) is 0.276. The molecule has 4 aromatic rings. The van der Waals surface area contributed by atoms with Crippen LogP contribution in [-0.4, -0.2) is 37.4 Å². The summed E-state index contributed by atoms with van der Waals surface area (Å²) in [7, 11) is -3.63. The van der Waals surface area contributed by atoms with Crippen molar-refractivity contribution >= 4 is 39.1 Å². The van der Waals surface area contributed by atoms with Crippen LogP contribution in [0.15, 0.2) is 83.9 Å². The van der Waals surface area contributed by atoms with Gasteiger partial charge in [0.15, 0.2) is 0 Å². The Kier molecular flexibility index (Phi) is 7.51. The topological polar surface area (TPSA) is 125 Å². The van der Waals surface area contributed by atoms with Crippen molar-refractivity contribution in [3.8, 4) is 11.1 Å². The number of benzene rings is 3. The number of rotatable bonds is 4. The van der Waals surface area contributed by atoms with Crippen molar-refractivity contribution in [2.75, 3.05) is 29.0 Å². The monoisotopic (exact) mass is 560 g/mol. The lowest BCUT2D eigenvalue weighted by atomic mass is 9.83. The van der Waals surface area contributed by atoms with E-state index in [0.29, 0.717) is 41.7 Å². The Balaban J connectivity index is 1.38. The zero-order valence-corrected chi connectivity index (χ0v) is 22.8. The van der Waals surface area contributed by atoms with Gasteiger partial charge in [0.25, 0.3) is 0 Å². The second-order valence-corrected chi connectivity index (χ2v) is 11.7. The Morgan fingerprint density at radius 2 is 1.77 bits per heavy atom. The van der Waals surface area contributed by atoms with Crippen LogP contribution in [0.4, 0.5) is 27.5 Å². The summed E-state index contributed by atoms with van der Waals surface area (Å²) in [5.74, 6) is 0.131. The van der Waals surface area contributed by atoms with Crippen molar-refractivity contribution in [2.24, 2.45) is 0 Å². The molecular formula is C29H29FN6O3S. The van der Waals surface area contributed by atoms with Gasteiger partial charge in [0.2, 0.25) is 21.9 Å². The van der Waals surface area contributed by atoms with E-state index in [2.05, 4.69) is 30.6 Å². The lowest BCUT2D eigenvalue weighted by Gasteiger charge is -2.24. The van der Waals surface area contributed by atoms with Crippen LogP contribution in [0, 0.1) is 5.82 Å². The third-order valence-corrected chi connectivity index (χ3v) is 8.15. The minimum absolute atomic E-state index is 0.158. The number of amides is 1. The van der Waals surface area contributed by atoms with E-state index in [0.717, 1.165) is 11.1 Å². The molecule has 4 N–H and O–H groups in total. The summed E-state index contributed by atoms with van der Waals surface area (Å²) >= 11 is 0. The van der Waals surface area contributed by atoms with E-state index in [1.54, 1.807) is 62.5 Å². The first kappa shape index (κ1) is 27.2. The standard InChI is InChI=1S/C29H29FN6O3S/c1-29(2,24-9-3-4-10-25(24)30)27(37)34-20-13-11-19(12-14-20)23-18-32-28-35-21-7-5-8-22(17-21)40(38,39)33-16-6-15-31-26(23)36-28/h3-5,7-14,17-18,33H,6,15-16H2,1-2H3,(H,34,37)(H2,31,32,35,36). The molecule has 206 valence electrons. The molecule has 0 saturated heterocycles. The molecule has 0 unspecified atom stereocenters. The molecule has 0 saturated carbocycles. The van der Waals surface area contributed by atoms with Crippen molar-refractivity contribution in [3.63, 3.8) is 0 Å². The van der Waals surface area contributed by atoms with Gasteiger partial charge < -0.3 is 16.0 Å². The fourth-order valence-electron chi connectivity index (χ4n) is 4.35. The smallest absolute Gasteiger partial charge is 0.240 e. The van der Waals surface area contributed by atoms with Crippen LogP contribution in [0.25, 0.3) is 11.1 Å². The van der Waals surface area contributed by atoms with Crippen molar-refractivity contribution in [1.82, 2.24) is 14.7 Å². The molecular weight excluding hydrogens is 531 g/mol. The highest BCUT2D eigenvalue weighted by molar-refractivity contribution is 7.89. The number of carbonyl (C=O) groups excluding carboxylic acids is 1. The lowest BCUT2D eigenvalue weighted by Crippen LogP contribution is -2.35. The summed E-state index contributed by atoms with van der Waals surface area (Å²) in [5, 5.41) is 9.23. The molecule has 40 heavy (non-hydrogen) atoms. The molecule has 3 aromatic carbocycles. The van der Waals surface area contributed by atoms with Gasteiger partial charge in [-0.15, -0.1) is 0 Å². The van der Waals surface area contributed by atoms with E-state index in [1.165, 1.54) is 18.2 Å². The molecule has 1 aromatic heterocycles. The summed E-state index contributed by atoms with van der Waals surface area (Å²) in [5.41, 5.74) is 1.90. The zero-order chi connectivity index (χ0) is 28.3. The van der Waals surface area contributed by atoms with Crippen molar-refractivity contribution < 1.29 is 17.6 Å². The Bertz CT molecular complexity index is 1660. The van der Waals surface area contributed by atoms with Crippen LogP contribution in [0.1, 0.15) is 25.8 Å². The molecule has 0 spiro atoms. The summed E-state index contributed by atoms with van der Waals surface area (Å²) in [6.07, 6.45) is 2.22. The number of hydrogen-bond donors (Lipinski definition) is 4. The normalized spacial score (nSPS) is 14.9. The van der Waals surface area contributed by atoms with Gasteiger partial charge >= 0.3 is 0 Å². The maximum Gasteiger partial charge on any atom is 0.240 e. The number of aromatic nitrogens is 2. The van der Waals surface area contributed by atoms with Gasteiger partial charge in [0.05, 0.1) is 10.3 Å². The van der Waals surface area contributed by atoms with E-state index in [9.17, 15) is 17.6 Å². The van der Waals surface area contributed by atoms with Crippen LogP contribution in [0.5, 0.6) is 0 Å². The van der Waals surface area contributed by atoms with E-state index < -0.39 is 21.3 Å². The highest BCUT2D eigenvalue weighted by Crippen LogP contribution is 2.31. The van der Waals surface area contributed by atoms with Gasteiger partial charge in [0, 0.05) is 41.8 Å². The molecule has 1 aliphatic heterocycles. The van der Waals surface area contributed by atoms with Gasteiger partial charge in [-0.1, -0.05) is 36.4 Å². The predicted molar refractivity (Wildman–Crippen MR) is 154 cm³/mol. The third kappa shape index (κ3) is 5.80. The van der Waals surface area contributed by atoms with Crippen LogP contribution >= 0.6 is 0 Å². The number of nitrogens with one attached hydrogen (secondary N) is 4. The van der Waals surface area contributed by atoms with E-state index >= 15 is 0 Å². The maximum absolute atomic E-state index is 14.3. The Labute approximate surface area is 232 Å². The lowest BCUT2D eigenvalue weighted by molar-refractivity contribution is -0.120. The SMILES string of the molecule is CC(C)(C(=O)Nc1ccc(-c2cnc3nc2NCCCNS(=O)(=O)c2cccc(c2)N3)cc1)c1ccccc1F. The van der Waals surface area contributed by atoms with Crippen LogP contribution in [0.3, 0.4) is 0 Å². The van der Waals surface area contributed by atoms with Crippen molar-refractivity contribution in [3.05, 3.63) is 90.4 Å². The van der Waals surface area contributed by atoms with Gasteiger partial charge in [-0.2, -0.15) is 4.98 Å². The largest absolute Gasteiger partial charge is 0.369 e. The second kappa shape index (κ2) is 11.0. The molecule has 5 rings (SSSR count). The molecule has 1 amide bonds. The number of sulfonamides is 1. The van der Waals surface area contributed by atoms with Crippen LogP contribution in [-0.2, 0) is 20.2 Å². The number of halogens is 1. The minimum Gasteiger partial charge on any atom is -0.369 e. The molecule has 1 aliphatic rings. The predicted octanol–water partition coefficient (Wildman–Crippen LogP) is 5.04. The highest BCUT2D eigenvalue weighted by atomic mass is 32.2. The van der Waals surface area contributed by atoms with Crippen molar-refractivity contribution in [1.29, 1.82) is 0 Å². The van der Waals surface area contributed by atoms with E-state index in [-0.39, 0.29) is 17.3 Å². The minimum atomic E-state index is -3.63. The fourth-order valence-corrected chi connectivity index (χ4v) is 5.47. The Morgan fingerprint density at radius 3 is 2.55 bits per heavy atom. The molecule has 11 heteroatoms. The van der Waals surface area contributed by atoms with Gasteiger partial charge in [-0.3, -0.25) is 4.79 Å². The highest BCUT2D eigenvalue weighted by Gasteiger charge is 2.32. The van der Waals surface area contributed by atoms with Gasteiger partial charge in [-0.05, 0) is 62.2 Å². The molecule has 2 heterocycles. The van der Waals surface area contributed by atoms with Crippen LogP contribution < -0.4 is 20.7 Å². The molecule has 4 bridgehead atoms. The van der Waals surface area contributed by atoms with E-state index in [1.807, 2.05) is 12.1 Å². The Hall–Kier alpha value is -4.35. The second-order valence-electron chi connectivity index (χ2n) is 9.92. The molecule has 9 nitrogen and oxygen atoms in total. The summed E-state index contributed by atoms with van der Waals surface area (Å²) in [6.45, 7) is 4.10. The average Bonchev–Trinajstić information content (AvgIpc) is 2.94. The fraction of sp³-hybridized carbons (Fsp3) is 0.207. The Morgan fingerprint density at radius 1 is 1.00 bits per heavy atom. The maximum atomic E-state index is 14.3. The van der Waals surface area contributed by atoms with Crippen LogP contribution in [0.2, 0.25) is 0 Å². The van der Waals surface area contributed by atoms with Gasteiger partial charge in [0.1, 0.15) is 11.6 Å². The number of anilines is 4. The number of fused-ring (bicyclic) bond motifs is 4. The molecule has 0 aliphatic carbocycles. The summed E-state index contributed by atoms with van der Waals surface area (Å²) < 4.78 is 42.2. The van der Waals surface area contributed by atoms with Gasteiger partial charge in [-0.25, -0.2) is 22.5 Å². The first-order valence-electron chi connectivity index (χ1n) is 12.8. The average molecular weight is 561 g/mol. The zero-order valence-electron chi connectivity index (χ0n) is 22.0. The van der Waals surface area contributed by atoms with Crippen molar-refractivity contribution in [2.45, 2.75) is 30.6 Å².